The standard InChI is InChI=1S/C28H45F2N3O3/c1-31-19-26(15-21-9-4-3-5-10-21)32-27(34)33-13-8-11-22(20-33)28(35,12-6-7-14-36-2)23-16-24(29)18-25(30)17-23/h16-18,21-22,26,31,35H,3-15,19-20H2,1-2H3,(H,32,34)/t22-,26+,28+/m1/s1. The number of aliphatic hydroxyl groups is 1. The number of carbonyl (C=O) groups excluding carboxylic acids is 1. The van der Waals surface area contributed by atoms with E-state index in [1.54, 1.807) is 12.0 Å². The number of methoxy groups -OCH3 is 1. The second-order valence-corrected chi connectivity index (χ2v) is 10.8. The predicted octanol–water partition coefficient (Wildman–Crippen LogP) is 4.95. The number of amides is 2. The topological polar surface area (TPSA) is 73.8 Å². The minimum atomic E-state index is -1.43. The Morgan fingerprint density at radius 2 is 1.86 bits per heavy atom. The fourth-order valence-electron chi connectivity index (χ4n) is 6.11. The number of halogens is 2. The van der Waals surface area contributed by atoms with Gasteiger partial charge in [-0.25, -0.2) is 13.6 Å². The third-order valence-corrected chi connectivity index (χ3v) is 8.02. The zero-order valence-corrected chi connectivity index (χ0v) is 22.0. The van der Waals surface area contributed by atoms with E-state index >= 15 is 0 Å². The number of ether oxygens (including phenoxy) is 1. The number of piperidine rings is 1. The quantitative estimate of drug-likeness (QED) is 0.349. The summed E-state index contributed by atoms with van der Waals surface area (Å²) in [5.74, 6) is -1.08. The van der Waals surface area contributed by atoms with Crippen molar-refractivity contribution in [2.24, 2.45) is 11.8 Å². The van der Waals surface area contributed by atoms with Crippen molar-refractivity contribution in [1.82, 2.24) is 15.5 Å². The lowest BCUT2D eigenvalue weighted by atomic mass is 9.74. The molecule has 36 heavy (non-hydrogen) atoms. The Bertz CT molecular complexity index is 801. The number of hydrogen-bond acceptors (Lipinski definition) is 4. The van der Waals surface area contributed by atoms with Crippen LogP contribution in [0.15, 0.2) is 18.2 Å². The maximum Gasteiger partial charge on any atom is 0.317 e. The van der Waals surface area contributed by atoms with Gasteiger partial charge in [-0.3, -0.25) is 0 Å². The van der Waals surface area contributed by atoms with Gasteiger partial charge in [0.05, 0.1) is 5.60 Å². The third kappa shape index (κ3) is 8.12. The van der Waals surface area contributed by atoms with Crippen LogP contribution in [0.25, 0.3) is 0 Å². The van der Waals surface area contributed by atoms with E-state index in [2.05, 4.69) is 10.6 Å². The van der Waals surface area contributed by atoms with Crippen LogP contribution in [0, 0.1) is 23.5 Å². The van der Waals surface area contributed by atoms with Crippen LogP contribution in [0.1, 0.15) is 76.2 Å². The normalized spacial score (nSPS) is 21.7. The van der Waals surface area contributed by atoms with Gasteiger partial charge in [0, 0.05) is 51.4 Å². The lowest BCUT2D eigenvalue weighted by molar-refractivity contribution is -0.0568. The highest BCUT2D eigenvalue weighted by Crippen LogP contribution is 2.40. The van der Waals surface area contributed by atoms with Gasteiger partial charge in [-0.1, -0.05) is 32.1 Å². The first-order chi connectivity index (χ1) is 17.4. The minimum Gasteiger partial charge on any atom is -0.385 e. The molecule has 0 spiro atoms. The summed E-state index contributed by atoms with van der Waals surface area (Å²) in [6, 6.07) is 3.21. The predicted molar refractivity (Wildman–Crippen MR) is 138 cm³/mol. The minimum absolute atomic E-state index is 0.0521. The Morgan fingerprint density at radius 1 is 1.14 bits per heavy atom. The molecule has 3 N–H and O–H groups in total. The van der Waals surface area contributed by atoms with Gasteiger partial charge >= 0.3 is 6.03 Å². The molecular formula is C28H45F2N3O3. The number of likely N-dealkylation sites (N-methyl/N-ethyl adjacent to an activating group) is 1. The van der Waals surface area contributed by atoms with Gasteiger partial charge in [0.25, 0.3) is 0 Å². The van der Waals surface area contributed by atoms with E-state index in [9.17, 15) is 18.7 Å². The summed E-state index contributed by atoms with van der Waals surface area (Å²) in [5.41, 5.74) is -1.18. The number of nitrogens with one attached hydrogen (secondary N) is 2. The molecule has 1 saturated carbocycles. The molecule has 0 aromatic heterocycles. The van der Waals surface area contributed by atoms with Crippen molar-refractivity contribution in [2.75, 3.05) is 40.4 Å². The van der Waals surface area contributed by atoms with Crippen molar-refractivity contribution in [2.45, 2.75) is 82.3 Å². The van der Waals surface area contributed by atoms with Gasteiger partial charge in [0.1, 0.15) is 11.6 Å². The highest BCUT2D eigenvalue weighted by molar-refractivity contribution is 5.74. The van der Waals surface area contributed by atoms with Crippen LogP contribution < -0.4 is 10.6 Å². The van der Waals surface area contributed by atoms with E-state index in [1.807, 2.05) is 7.05 Å². The van der Waals surface area contributed by atoms with Crippen LogP contribution in [0.2, 0.25) is 0 Å². The van der Waals surface area contributed by atoms with Gasteiger partial charge in [-0.2, -0.15) is 0 Å². The zero-order valence-electron chi connectivity index (χ0n) is 22.0. The van der Waals surface area contributed by atoms with Crippen LogP contribution in [0.3, 0.4) is 0 Å². The third-order valence-electron chi connectivity index (χ3n) is 8.02. The number of carbonyl (C=O) groups is 1. The Hall–Kier alpha value is -1.77. The van der Waals surface area contributed by atoms with Gasteiger partial charge in [-0.05, 0) is 69.2 Å². The highest BCUT2D eigenvalue weighted by Gasteiger charge is 2.42. The Labute approximate surface area is 215 Å². The lowest BCUT2D eigenvalue weighted by Gasteiger charge is -2.43. The van der Waals surface area contributed by atoms with Crippen molar-refractivity contribution in [3.63, 3.8) is 0 Å². The molecule has 1 aromatic carbocycles. The number of nitrogens with zero attached hydrogens (tertiary/aromatic N) is 1. The molecule has 1 aromatic rings. The first-order valence-corrected chi connectivity index (χ1v) is 13.7. The van der Waals surface area contributed by atoms with Gasteiger partial charge < -0.3 is 25.4 Å². The molecule has 2 fully saturated rings. The molecule has 1 saturated heterocycles. The molecule has 0 unspecified atom stereocenters. The van der Waals surface area contributed by atoms with Crippen LogP contribution in [-0.2, 0) is 10.3 Å². The molecule has 1 aliphatic carbocycles. The van der Waals surface area contributed by atoms with Crippen molar-refractivity contribution in [3.05, 3.63) is 35.4 Å². The smallest absolute Gasteiger partial charge is 0.317 e. The van der Waals surface area contributed by atoms with Crippen LogP contribution in [0.5, 0.6) is 0 Å². The maximum absolute atomic E-state index is 14.1. The fraction of sp³-hybridized carbons (Fsp3) is 0.750. The zero-order chi connectivity index (χ0) is 26.0. The number of likely N-dealkylation sites (tertiary alicyclic amines) is 1. The average Bonchev–Trinajstić information content (AvgIpc) is 2.87. The Kier molecular flexibility index (Phi) is 11.4. The second kappa shape index (κ2) is 14.2. The molecule has 3 atom stereocenters. The molecule has 1 aliphatic heterocycles. The second-order valence-electron chi connectivity index (χ2n) is 10.8. The SMILES string of the molecule is CNC[C@H](CC1CCCCC1)NC(=O)N1CCC[C@@H]([C@@](O)(CCCCOC)c2cc(F)cc(F)c2)C1. The first-order valence-electron chi connectivity index (χ1n) is 13.7. The summed E-state index contributed by atoms with van der Waals surface area (Å²) in [4.78, 5) is 15.1. The van der Waals surface area contributed by atoms with E-state index in [0.29, 0.717) is 51.4 Å². The molecule has 1 heterocycles. The molecular weight excluding hydrogens is 464 g/mol. The van der Waals surface area contributed by atoms with E-state index in [-0.39, 0.29) is 23.6 Å². The molecule has 204 valence electrons. The molecule has 2 aliphatic rings. The van der Waals surface area contributed by atoms with Gasteiger partial charge in [-0.15, -0.1) is 0 Å². The van der Waals surface area contributed by atoms with Gasteiger partial charge in [0.2, 0.25) is 0 Å². The van der Waals surface area contributed by atoms with Crippen molar-refractivity contribution in [3.8, 4) is 0 Å². The average molecular weight is 510 g/mol. The monoisotopic (exact) mass is 509 g/mol. The molecule has 0 radical (unpaired) electrons. The maximum atomic E-state index is 14.1. The van der Waals surface area contributed by atoms with E-state index in [0.717, 1.165) is 25.3 Å². The van der Waals surface area contributed by atoms with Crippen molar-refractivity contribution in [1.29, 1.82) is 0 Å². The van der Waals surface area contributed by atoms with Crippen molar-refractivity contribution >= 4 is 6.03 Å². The molecule has 6 nitrogen and oxygen atoms in total. The number of urea groups is 1. The number of benzene rings is 1. The largest absolute Gasteiger partial charge is 0.385 e. The molecule has 0 bridgehead atoms. The molecule has 3 rings (SSSR count). The van der Waals surface area contributed by atoms with Crippen LogP contribution in [-0.4, -0.2) is 62.5 Å². The Morgan fingerprint density at radius 3 is 2.53 bits per heavy atom. The van der Waals surface area contributed by atoms with Crippen LogP contribution >= 0.6 is 0 Å². The number of unbranched alkanes of at least 4 members (excludes halogenated alkanes) is 1. The van der Waals surface area contributed by atoms with E-state index < -0.39 is 17.2 Å². The summed E-state index contributed by atoms with van der Waals surface area (Å²) in [6.45, 7) is 2.22. The summed E-state index contributed by atoms with van der Waals surface area (Å²) in [5, 5.41) is 18.3. The summed E-state index contributed by atoms with van der Waals surface area (Å²) in [6.07, 6.45) is 10.4. The van der Waals surface area contributed by atoms with Crippen LogP contribution in [0.4, 0.5) is 13.6 Å². The van der Waals surface area contributed by atoms with Crippen molar-refractivity contribution < 1.29 is 23.4 Å². The van der Waals surface area contributed by atoms with Gasteiger partial charge in [0.15, 0.2) is 0 Å². The summed E-state index contributed by atoms with van der Waals surface area (Å²) in [7, 11) is 3.53. The summed E-state index contributed by atoms with van der Waals surface area (Å²) < 4.78 is 33.4. The number of hydrogen-bond donors (Lipinski definition) is 3. The molecule has 8 heteroatoms. The van der Waals surface area contributed by atoms with E-state index in [1.165, 1.54) is 44.2 Å². The van der Waals surface area contributed by atoms with E-state index in [4.69, 9.17) is 4.74 Å². The Balaban J connectivity index is 1.71. The summed E-state index contributed by atoms with van der Waals surface area (Å²) >= 11 is 0. The lowest BCUT2D eigenvalue weighted by Crippen LogP contribution is -2.54. The number of rotatable bonds is 12. The highest BCUT2D eigenvalue weighted by atomic mass is 19.1. The first kappa shape index (κ1) is 28.8. The fourth-order valence-corrected chi connectivity index (χ4v) is 6.11. The molecule has 2 amide bonds.